The zero-order valence-corrected chi connectivity index (χ0v) is 18.3. The molecule has 1 atom stereocenters. The molecule has 0 saturated heterocycles. The number of halogens is 2. The summed E-state index contributed by atoms with van der Waals surface area (Å²) < 4.78 is 31.7. The average Bonchev–Trinajstić information content (AvgIpc) is 2.76. The third-order valence-electron chi connectivity index (χ3n) is 4.63. The average molecular weight is 459 g/mol. The van der Waals surface area contributed by atoms with E-state index in [0.29, 0.717) is 46.6 Å². The highest BCUT2D eigenvalue weighted by Crippen LogP contribution is 2.35. The minimum atomic E-state index is -0.961. The van der Waals surface area contributed by atoms with Crippen LogP contribution in [0.3, 0.4) is 0 Å². The molecule has 0 heterocycles. The van der Waals surface area contributed by atoms with Crippen molar-refractivity contribution in [2.45, 2.75) is 32.3 Å². The van der Waals surface area contributed by atoms with Crippen molar-refractivity contribution in [2.24, 2.45) is 0 Å². The largest absolute Gasteiger partial charge is 0.493 e. The summed E-state index contributed by atoms with van der Waals surface area (Å²) in [6, 6.07) is 19.0. The third kappa shape index (κ3) is 7.17. The molecule has 0 spiro atoms. The predicted octanol–water partition coefficient (Wildman–Crippen LogP) is 6.53. The lowest BCUT2D eigenvalue weighted by Crippen LogP contribution is -2.16. The highest BCUT2D eigenvalue weighted by molar-refractivity contribution is 6.30. The van der Waals surface area contributed by atoms with Crippen LogP contribution < -0.4 is 14.2 Å². The van der Waals surface area contributed by atoms with Gasteiger partial charge in [0.15, 0.2) is 11.5 Å². The zero-order chi connectivity index (χ0) is 22.9. The summed E-state index contributed by atoms with van der Waals surface area (Å²) in [7, 11) is 0. The monoisotopic (exact) mass is 458 g/mol. The van der Waals surface area contributed by atoms with E-state index in [-0.39, 0.29) is 18.9 Å². The summed E-state index contributed by atoms with van der Waals surface area (Å²) in [5.74, 6) is 0.682. The number of aryl methyl sites for hydroxylation is 1. The molecule has 0 fully saturated rings. The molecule has 0 aliphatic heterocycles. The minimum absolute atomic E-state index is 0.118. The van der Waals surface area contributed by atoms with Crippen LogP contribution in [0.5, 0.6) is 23.0 Å². The molecule has 32 heavy (non-hydrogen) atoms. The Hall–Kier alpha value is -3.25. The highest BCUT2D eigenvalue weighted by Gasteiger charge is 2.12. The number of carboxylic acids is 1. The van der Waals surface area contributed by atoms with Gasteiger partial charge in [0, 0.05) is 30.0 Å². The molecule has 7 heteroatoms. The molecule has 3 aromatic carbocycles. The molecule has 0 radical (unpaired) electrons. The van der Waals surface area contributed by atoms with Crippen LogP contribution in [0.25, 0.3) is 0 Å². The summed E-state index contributed by atoms with van der Waals surface area (Å²) in [6.07, 6.45) is 0.373. The van der Waals surface area contributed by atoms with Crippen LogP contribution in [0, 0.1) is 5.82 Å². The molecule has 3 rings (SSSR count). The molecular weight excluding hydrogens is 435 g/mol. The first kappa shape index (κ1) is 23.4. The number of hydrogen-bond donors (Lipinski definition) is 1. The van der Waals surface area contributed by atoms with Crippen molar-refractivity contribution in [1.82, 2.24) is 0 Å². The Bertz CT molecular complexity index is 1040. The smallest absolute Gasteiger partial charge is 0.303 e. The second kappa shape index (κ2) is 11.4. The van der Waals surface area contributed by atoms with Crippen molar-refractivity contribution in [3.63, 3.8) is 0 Å². The topological polar surface area (TPSA) is 65.0 Å². The number of ether oxygens (including phenoxy) is 3. The molecular formula is C25H24ClFO5. The SMILES string of the molecule is CC(CCOc1ccc(CCC(=O)O)c(F)c1)Oc1ccc(Cl)cc1Oc1ccccc1. The highest BCUT2D eigenvalue weighted by atomic mass is 35.5. The summed E-state index contributed by atoms with van der Waals surface area (Å²) in [5.41, 5.74) is 0.352. The maximum absolute atomic E-state index is 14.1. The van der Waals surface area contributed by atoms with E-state index >= 15 is 0 Å². The van der Waals surface area contributed by atoms with Crippen molar-refractivity contribution in [3.8, 4) is 23.0 Å². The van der Waals surface area contributed by atoms with Gasteiger partial charge in [-0.25, -0.2) is 4.39 Å². The van der Waals surface area contributed by atoms with E-state index < -0.39 is 11.8 Å². The van der Waals surface area contributed by atoms with Crippen LogP contribution >= 0.6 is 11.6 Å². The number of para-hydroxylation sites is 1. The van der Waals surface area contributed by atoms with Gasteiger partial charge in [-0.3, -0.25) is 4.79 Å². The van der Waals surface area contributed by atoms with Gasteiger partial charge in [-0.2, -0.15) is 0 Å². The second-order valence-corrected chi connectivity index (χ2v) is 7.66. The van der Waals surface area contributed by atoms with Crippen LogP contribution in [-0.2, 0) is 11.2 Å². The quantitative estimate of drug-likeness (QED) is 0.354. The normalized spacial score (nSPS) is 11.6. The molecule has 0 saturated carbocycles. The minimum Gasteiger partial charge on any atom is -0.493 e. The van der Waals surface area contributed by atoms with E-state index in [1.807, 2.05) is 37.3 Å². The van der Waals surface area contributed by atoms with E-state index in [1.165, 1.54) is 6.07 Å². The Morgan fingerprint density at radius 2 is 1.81 bits per heavy atom. The Balaban J connectivity index is 1.53. The van der Waals surface area contributed by atoms with Crippen molar-refractivity contribution < 1.29 is 28.5 Å². The molecule has 1 unspecified atom stereocenters. The van der Waals surface area contributed by atoms with Gasteiger partial charge in [0.1, 0.15) is 17.3 Å². The number of carboxylic acid groups (broad SMARTS) is 1. The number of carbonyl (C=O) groups is 1. The standard InChI is InChI=1S/C25H24ClFO5/c1-17(13-14-30-21-10-7-18(22(27)16-21)8-12-25(28)29)31-23-11-9-19(26)15-24(23)32-20-5-3-2-4-6-20/h2-7,9-11,15-17H,8,12-14H2,1H3,(H,28,29). The molecule has 1 N–H and O–H groups in total. The van der Waals surface area contributed by atoms with Gasteiger partial charge in [0.25, 0.3) is 0 Å². The molecule has 5 nitrogen and oxygen atoms in total. The van der Waals surface area contributed by atoms with Gasteiger partial charge in [-0.1, -0.05) is 35.9 Å². The second-order valence-electron chi connectivity index (χ2n) is 7.22. The fourth-order valence-electron chi connectivity index (χ4n) is 2.96. The van der Waals surface area contributed by atoms with Crippen LogP contribution in [0.1, 0.15) is 25.3 Å². The maximum Gasteiger partial charge on any atom is 0.303 e. The van der Waals surface area contributed by atoms with Crippen LogP contribution in [0.2, 0.25) is 5.02 Å². The summed E-state index contributed by atoms with van der Waals surface area (Å²) in [6.45, 7) is 2.22. The van der Waals surface area contributed by atoms with Gasteiger partial charge in [0.05, 0.1) is 12.7 Å². The van der Waals surface area contributed by atoms with Gasteiger partial charge >= 0.3 is 5.97 Å². The van der Waals surface area contributed by atoms with Crippen LogP contribution in [-0.4, -0.2) is 23.8 Å². The summed E-state index contributed by atoms with van der Waals surface area (Å²) in [5, 5.41) is 9.26. The van der Waals surface area contributed by atoms with Crippen molar-refractivity contribution in [3.05, 3.63) is 83.1 Å². The maximum atomic E-state index is 14.1. The number of benzene rings is 3. The van der Waals surface area contributed by atoms with Crippen LogP contribution in [0.4, 0.5) is 4.39 Å². The Morgan fingerprint density at radius 3 is 2.53 bits per heavy atom. The predicted molar refractivity (Wildman–Crippen MR) is 121 cm³/mol. The molecule has 0 aliphatic carbocycles. The molecule has 0 amide bonds. The summed E-state index contributed by atoms with van der Waals surface area (Å²) >= 11 is 6.11. The van der Waals surface area contributed by atoms with Gasteiger partial charge in [-0.05, 0) is 49.2 Å². The lowest BCUT2D eigenvalue weighted by atomic mass is 10.1. The van der Waals surface area contributed by atoms with E-state index in [9.17, 15) is 9.18 Å². The fraction of sp³-hybridized carbons (Fsp3) is 0.240. The molecule has 168 valence electrons. The summed E-state index contributed by atoms with van der Waals surface area (Å²) in [4.78, 5) is 10.6. The van der Waals surface area contributed by atoms with E-state index in [4.69, 9.17) is 30.9 Å². The number of rotatable bonds is 11. The Kier molecular flexibility index (Phi) is 8.34. The molecule has 0 bridgehead atoms. The zero-order valence-electron chi connectivity index (χ0n) is 17.6. The first-order valence-corrected chi connectivity index (χ1v) is 10.6. The number of hydrogen-bond acceptors (Lipinski definition) is 4. The first-order chi connectivity index (χ1) is 15.4. The molecule has 3 aromatic rings. The first-order valence-electron chi connectivity index (χ1n) is 10.2. The third-order valence-corrected chi connectivity index (χ3v) is 4.87. The van der Waals surface area contributed by atoms with E-state index in [2.05, 4.69) is 0 Å². The van der Waals surface area contributed by atoms with Gasteiger partial charge in [0.2, 0.25) is 0 Å². The fourth-order valence-corrected chi connectivity index (χ4v) is 3.12. The van der Waals surface area contributed by atoms with E-state index in [1.54, 1.807) is 30.3 Å². The lowest BCUT2D eigenvalue weighted by Gasteiger charge is -2.18. The Labute approximate surface area is 191 Å². The van der Waals surface area contributed by atoms with Gasteiger partial charge in [-0.15, -0.1) is 0 Å². The van der Waals surface area contributed by atoms with E-state index in [0.717, 1.165) is 0 Å². The van der Waals surface area contributed by atoms with Gasteiger partial charge < -0.3 is 19.3 Å². The Morgan fingerprint density at radius 1 is 1.03 bits per heavy atom. The van der Waals surface area contributed by atoms with Crippen molar-refractivity contribution in [1.29, 1.82) is 0 Å². The van der Waals surface area contributed by atoms with Crippen molar-refractivity contribution in [2.75, 3.05) is 6.61 Å². The number of aliphatic carboxylic acids is 1. The molecule has 0 aromatic heterocycles. The molecule has 0 aliphatic rings. The van der Waals surface area contributed by atoms with Crippen molar-refractivity contribution >= 4 is 17.6 Å². The lowest BCUT2D eigenvalue weighted by molar-refractivity contribution is -0.136. The van der Waals surface area contributed by atoms with Crippen LogP contribution in [0.15, 0.2) is 66.7 Å².